The minimum Gasteiger partial charge on any atom is -0.338 e. The first-order valence-electron chi connectivity index (χ1n) is 6.80. The fraction of sp³-hybridized carbons (Fsp3) is 0.500. The molecule has 0 saturated carbocycles. The molecule has 0 N–H and O–H groups in total. The minimum atomic E-state index is -0.564. The number of nitrogens with zero attached hydrogens (tertiary/aromatic N) is 3. The van der Waals surface area contributed by atoms with Crippen molar-refractivity contribution in [3.05, 3.63) is 38.9 Å². The van der Waals surface area contributed by atoms with Crippen LogP contribution in [0.2, 0.25) is 5.02 Å². The van der Waals surface area contributed by atoms with Gasteiger partial charge in [0.1, 0.15) is 5.56 Å². The summed E-state index contributed by atoms with van der Waals surface area (Å²) in [5.41, 5.74) is -0.130. The number of piperidine rings is 1. The zero-order valence-corrected chi connectivity index (χ0v) is 12.8. The highest BCUT2D eigenvalue weighted by Crippen LogP contribution is 2.26. The van der Waals surface area contributed by atoms with Crippen LogP contribution >= 0.6 is 11.6 Å². The Hall–Kier alpha value is -1.66. The molecule has 0 atom stereocenters. The lowest BCUT2D eigenvalue weighted by atomic mass is 10.0. The van der Waals surface area contributed by atoms with Gasteiger partial charge in [-0.05, 0) is 39.1 Å². The van der Waals surface area contributed by atoms with E-state index in [4.69, 9.17) is 11.6 Å². The van der Waals surface area contributed by atoms with Crippen LogP contribution in [-0.4, -0.2) is 53.9 Å². The van der Waals surface area contributed by atoms with Crippen LogP contribution in [0, 0.1) is 10.1 Å². The van der Waals surface area contributed by atoms with E-state index in [0.717, 1.165) is 12.8 Å². The zero-order valence-electron chi connectivity index (χ0n) is 12.1. The Morgan fingerprint density at radius 2 is 2.00 bits per heavy atom. The predicted molar refractivity (Wildman–Crippen MR) is 80.7 cm³/mol. The number of carbonyl (C=O) groups excluding carboxylic acids is 1. The van der Waals surface area contributed by atoms with Crippen molar-refractivity contribution in [1.82, 2.24) is 9.80 Å². The van der Waals surface area contributed by atoms with Crippen molar-refractivity contribution in [2.75, 3.05) is 27.2 Å². The van der Waals surface area contributed by atoms with Gasteiger partial charge >= 0.3 is 0 Å². The molecule has 0 bridgehead atoms. The van der Waals surface area contributed by atoms with Crippen LogP contribution in [-0.2, 0) is 0 Å². The number of amides is 1. The van der Waals surface area contributed by atoms with Gasteiger partial charge in [-0.25, -0.2) is 0 Å². The van der Waals surface area contributed by atoms with Gasteiger partial charge in [-0.1, -0.05) is 11.6 Å². The minimum absolute atomic E-state index is 0.104. The number of likely N-dealkylation sites (tertiary alicyclic amines) is 1. The average Bonchev–Trinajstić information content (AvgIpc) is 2.46. The second kappa shape index (κ2) is 6.41. The summed E-state index contributed by atoms with van der Waals surface area (Å²) in [5, 5.41) is 11.3. The molecule has 0 radical (unpaired) electrons. The van der Waals surface area contributed by atoms with E-state index in [0.29, 0.717) is 19.1 Å². The average molecular weight is 312 g/mol. The van der Waals surface area contributed by atoms with Gasteiger partial charge in [0.05, 0.1) is 4.92 Å². The van der Waals surface area contributed by atoms with Crippen LogP contribution < -0.4 is 0 Å². The third kappa shape index (κ3) is 3.51. The van der Waals surface area contributed by atoms with Gasteiger partial charge in [-0.15, -0.1) is 0 Å². The standard InChI is InChI=1S/C14H18ClN3O3/c1-16(2)11-5-7-17(8-6-11)14(19)12-4-3-10(15)9-13(12)18(20)21/h3-4,9,11H,5-8H2,1-2H3. The summed E-state index contributed by atoms with van der Waals surface area (Å²) >= 11 is 5.77. The van der Waals surface area contributed by atoms with E-state index in [9.17, 15) is 14.9 Å². The number of nitro benzene ring substituents is 1. The molecule has 0 aliphatic carbocycles. The van der Waals surface area contributed by atoms with Crippen molar-refractivity contribution in [2.24, 2.45) is 0 Å². The molecular weight excluding hydrogens is 294 g/mol. The second-order valence-corrected chi connectivity index (χ2v) is 5.84. The third-order valence-electron chi connectivity index (χ3n) is 3.87. The van der Waals surface area contributed by atoms with Gasteiger partial charge in [-0.2, -0.15) is 0 Å². The van der Waals surface area contributed by atoms with E-state index in [2.05, 4.69) is 4.90 Å². The molecule has 1 fully saturated rings. The van der Waals surface area contributed by atoms with Crippen molar-refractivity contribution in [2.45, 2.75) is 18.9 Å². The van der Waals surface area contributed by atoms with E-state index in [1.165, 1.54) is 18.2 Å². The molecule has 1 heterocycles. The maximum atomic E-state index is 12.5. The Labute approximate surface area is 128 Å². The first-order valence-corrected chi connectivity index (χ1v) is 7.17. The van der Waals surface area contributed by atoms with E-state index in [1.54, 1.807) is 4.90 Å². The molecule has 0 aromatic heterocycles. The number of carbonyl (C=O) groups is 1. The number of nitro groups is 1. The van der Waals surface area contributed by atoms with Crippen molar-refractivity contribution in [3.8, 4) is 0 Å². The summed E-state index contributed by atoms with van der Waals surface area (Å²) in [6, 6.07) is 4.62. The van der Waals surface area contributed by atoms with Crippen molar-refractivity contribution >= 4 is 23.2 Å². The topological polar surface area (TPSA) is 66.7 Å². The molecule has 1 saturated heterocycles. The number of hydrogen-bond donors (Lipinski definition) is 0. The molecule has 21 heavy (non-hydrogen) atoms. The second-order valence-electron chi connectivity index (χ2n) is 5.41. The van der Waals surface area contributed by atoms with Crippen LogP contribution in [0.15, 0.2) is 18.2 Å². The maximum Gasteiger partial charge on any atom is 0.283 e. The molecular formula is C14H18ClN3O3. The first-order chi connectivity index (χ1) is 9.90. The molecule has 7 heteroatoms. The molecule has 1 aliphatic rings. The summed E-state index contributed by atoms with van der Waals surface area (Å²) in [4.78, 5) is 26.8. The fourth-order valence-corrected chi connectivity index (χ4v) is 2.76. The van der Waals surface area contributed by atoms with E-state index in [-0.39, 0.29) is 22.2 Å². The lowest BCUT2D eigenvalue weighted by molar-refractivity contribution is -0.385. The van der Waals surface area contributed by atoms with Crippen LogP contribution in [0.3, 0.4) is 0 Å². The predicted octanol–water partition coefficient (Wildman–Crippen LogP) is 2.41. The Morgan fingerprint density at radius 1 is 1.38 bits per heavy atom. The lowest BCUT2D eigenvalue weighted by Crippen LogP contribution is -2.44. The smallest absolute Gasteiger partial charge is 0.283 e. The zero-order chi connectivity index (χ0) is 15.6. The van der Waals surface area contributed by atoms with Gasteiger partial charge in [0.25, 0.3) is 11.6 Å². The number of rotatable bonds is 3. The summed E-state index contributed by atoms with van der Waals surface area (Å²) in [7, 11) is 4.04. The van der Waals surface area contributed by atoms with Crippen molar-refractivity contribution < 1.29 is 9.72 Å². The summed E-state index contributed by atoms with van der Waals surface area (Å²) in [6.45, 7) is 1.23. The van der Waals surface area contributed by atoms with Crippen LogP contribution in [0.25, 0.3) is 0 Å². The molecule has 6 nitrogen and oxygen atoms in total. The van der Waals surface area contributed by atoms with Crippen LogP contribution in [0.1, 0.15) is 23.2 Å². The Morgan fingerprint density at radius 3 is 2.52 bits per heavy atom. The summed E-state index contributed by atoms with van der Waals surface area (Å²) < 4.78 is 0. The van der Waals surface area contributed by atoms with Gasteiger partial charge in [-0.3, -0.25) is 14.9 Å². The quantitative estimate of drug-likeness (QED) is 0.635. The third-order valence-corrected chi connectivity index (χ3v) is 4.10. The SMILES string of the molecule is CN(C)C1CCN(C(=O)c2ccc(Cl)cc2[N+](=O)[O-])CC1. The monoisotopic (exact) mass is 311 g/mol. The molecule has 1 aromatic rings. The highest BCUT2D eigenvalue weighted by molar-refractivity contribution is 6.31. The molecule has 1 aromatic carbocycles. The van der Waals surface area contributed by atoms with Gasteiger partial charge in [0.2, 0.25) is 0 Å². The number of hydrogen-bond acceptors (Lipinski definition) is 4. The molecule has 114 valence electrons. The maximum absolute atomic E-state index is 12.5. The molecule has 1 amide bonds. The first kappa shape index (κ1) is 15.7. The fourth-order valence-electron chi connectivity index (χ4n) is 2.59. The highest BCUT2D eigenvalue weighted by atomic mass is 35.5. The Balaban J connectivity index is 2.16. The number of benzene rings is 1. The molecule has 1 aliphatic heterocycles. The molecule has 2 rings (SSSR count). The Kier molecular flexibility index (Phi) is 4.80. The Bertz CT molecular complexity index is 554. The van der Waals surface area contributed by atoms with Crippen molar-refractivity contribution in [1.29, 1.82) is 0 Å². The normalized spacial score (nSPS) is 16.3. The lowest BCUT2D eigenvalue weighted by Gasteiger charge is -2.35. The summed E-state index contributed by atoms with van der Waals surface area (Å²) in [5.74, 6) is -0.296. The molecule has 0 unspecified atom stereocenters. The van der Waals surface area contributed by atoms with Crippen molar-refractivity contribution in [3.63, 3.8) is 0 Å². The van der Waals surface area contributed by atoms with Gasteiger partial charge in [0, 0.05) is 30.2 Å². The van der Waals surface area contributed by atoms with Crippen LogP contribution in [0.4, 0.5) is 5.69 Å². The highest BCUT2D eigenvalue weighted by Gasteiger charge is 2.28. The number of halogens is 1. The summed E-state index contributed by atoms with van der Waals surface area (Å²) in [6.07, 6.45) is 1.75. The largest absolute Gasteiger partial charge is 0.338 e. The van der Waals surface area contributed by atoms with E-state index < -0.39 is 4.92 Å². The van der Waals surface area contributed by atoms with E-state index in [1.807, 2.05) is 14.1 Å². The van der Waals surface area contributed by atoms with E-state index >= 15 is 0 Å². The van der Waals surface area contributed by atoms with Gasteiger partial charge < -0.3 is 9.80 Å². The van der Waals surface area contributed by atoms with Crippen LogP contribution in [0.5, 0.6) is 0 Å². The van der Waals surface area contributed by atoms with Gasteiger partial charge in [0.15, 0.2) is 0 Å². The molecule has 0 spiro atoms.